The topological polar surface area (TPSA) is 0 Å². The monoisotopic (exact) mass is 214 g/mol. The Kier molecular flexibility index (Phi) is 136000. The van der Waals surface area contributed by atoms with Gasteiger partial charge in [0.15, 0.2) is 0 Å². The van der Waals surface area contributed by atoms with Crippen molar-refractivity contribution in [2.24, 2.45) is 0 Å². The standard InChI is InChI=1S/9CH4.Cl2/c;;;;;;;;;1-2/h9*1H4;. The molecule has 2 heteroatoms. The molecule has 86 valence electrons. The molecule has 0 rings (SSSR count). The summed E-state index contributed by atoms with van der Waals surface area (Å²) in [5.41, 5.74) is 0. The van der Waals surface area contributed by atoms with E-state index in [1.807, 2.05) is 0 Å². The van der Waals surface area contributed by atoms with Crippen molar-refractivity contribution in [3.05, 3.63) is 0 Å². The van der Waals surface area contributed by atoms with Gasteiger partial charge in [0.05, 0.1) is 0 Å². The van der Waals surface area contributed by atoms with Crippen molar-refractivity contribution in [1.82, 2.24) is 0 Å². The van der Waals surface area contributed by atoms with E-state index in [2.05, 4.69) is 21.7 Å². The van der Waals surface area contributed by atoms with Crippen LogP contribution in [0.2, 0.25) is 0 Å². The minimum absolute atomic E-state index is 0. The molecule has 0 saturated heterocycles. The highest BCUT2D eigenvalue weighted by Crippen LogP contribution is 1.69. The van der Waals surface area contributed by atoms with Crippen LogP contribution in [0.25, 0.3) is 0 Å². The van der Waals surface area contributed by atoms with E-state index in [-0.39, 0.29) is 66.8 Å². The van der Waals surface area contributed by atoms with Gasteiger partial charge in [0.2, 0.25) is 0 Å². The molecule has 0 aromatic carbocycles. The van der Waals surface area contributed by atoms with E-state index in [9.17, 15) is 0 Å². The molecule has 0 heterocycles. The third-order valence-corrected chi connectivity index (χ3v) is 0. The summed E-state index contributed by atoms with van der Waals surface area (Å²) in [5, 5.41) is 0. The summed E-state index contributed by atoms with van der Waals surface area (Å²) < 4.78 is 0. The minimum atomic E-state index is 0. The van der Waals surface area contributed by atoms with Crippen LogP contribution in [-0.4, -0.2) is 0 Å². The lowest BCUT2D eigenvalue weighted by atomic mass is 12.0. The lowest BCUT2D eigenvalue weighted by molar-refractivity contribution is 2.50. The van der Waals surface area contributed by atoms with Crippen LogP contribution in [0.1, 0.15) is 66.8 Å². The number of halogens is 2. The van der Waals surface area contributed by atoms with Gasteiger partial charge in [0.1, 0.15) is 0 Å². The third-order valence-electron chi connectivity index (χ3n) is 0. The maximum absolute atomic E-state index is 4.11. The molecule has 0 saturated carbocycles. The molecule has 0 nitrogen and oxygen atoms in total. The van der Waals surface area contributed by atoms with Crippen molar-refractivity contribution < 1.29 is 0 Å². The molecule has 0 aliphatic heterocycles. The van der Waals surface area contributed by atoms with Crippen LogP contribution in [0, 0.1) is 0 Å². The van der Waals surface area contributed by atoms with Crippen LogP contribution >= 0.6 is 21.7 Å². The summed E-state index contributed by atoms with van der Waals surface area (Å²) in [6.45, 7) is 0. The molecule has 0 spiro atoms. The molecular formula is C9H36Cl2. The number of rotatable bonds is 0. The molecule has 11 heavy (non-hydrogen) atoms. The van der Waals surface area contributed by atoms with Gasteiger partial charge in [0.25, 0.3) is 0 Å². The van der Waals surface area contributed by atoms with Gasteiger partial charge in [-0.2, -0.15) is 0 Å². The van der Waals surface area contributed by atoms with Crippen molar-refractivity contribution in [2.45, 2.75) is 66.8 Å². The first-order chi connectivity index (χ1) is 1.00. The van der Waals surface area contributed by atoms with Crippen LogP contribution < -0.4 is 0 Å². The summed E-state index contributed by atoms with van der Waals surface area (Å²) in [5.74, 6) is 0. The maximum Gasteiger partial charge on any atom is 0 e. The fourth-order valence-electron chi connectivity index (χ4n) is 0. The molecule has 0 aliphatic rings. The molecule has 0 bridgehead atoms. The van der Waals surface area contributed by atoms with Crippen LogP contribution in [0.3, 0.4) is 0 Å². The Morgan fingerprint density at radius 2 is 0.273 bits per heavy atom. The fourth-order valence-corrected chi connectivity index (χ4v) is 0. The second-order valence-corrected chi connectivity index (χ2v) is 0. The van der Waals surface area contributed by atoms with Crippen LogP contribution in [0.4, 0.5) is 0 Å². The highest BCUT2D eigenvalue weighted by atomic mass is 36.5. The summed E-state index contributed by atoms with van der Waals surface area (Å²) in [6.07, 6.45) is 0. The molecule has 0 aromatic heterocycles. The Bertz CT molecular complexity index is 7.52. The van der Waals surface area contributed by atoms with Crippen molar-refractivity contribution in [3.8, 4) is 0 Å². The minimum Gasteiger partial charge on any atom is -0.0776 e. The zero-order valence-corrected chi connectivity index (χ0v) is 2.27. The SMILES string of the molecule is C.C.C.C.C.C.C.C.C.ClCl. The second-order valence-electron chi connectivity index (χ2n) is 0. The first kappa shape index (κ1) is 519. The van der Waals surface area contributed by atoms with Crippen LogP contribution in [-0.2, 0) is 0 Å². The number of hydrogen-bond donors (Lipinski definition) is 0. The normalized spacial score (nSPS) is 0.545. The molecular weight excluding hydrogens is 179 g/mol. The van der Waals surface area contributed by atoms with Crippen molar-refractivity contribution >= 4 is 21.7 Å². The summed E-state index contributed by atoms with van der Waals surface area (Å²) in [7, 11) is 8.22. The zero-order chi connectivity index (χ0) is 2.00. The summed E-state index contributed by atoms with van der Waals surface area (Å²) in [4.78, 5) is 0. The van der Waals surface area contributed by atoms with Crippen molar-refractivity contribution in [1.29, 1.82) is 0 Å². The lowest BCUT2D eigenvalue weighted by Crippen LogP contribution is -0.310. The van der Waals surface area contributed by atoms with E-state index >= 15 is 0 Å². The van der Waals surface area contributed by atoms with Gasteiger partial charge in [-0.3, -0.25) is 0 Å². The van der Waals surface area contributed by atoms with Gasteiger partial charge < -0.3 is 0 Å². The lowest BCUT2D eigenvalue weighted by Gasteiger charge is -1.000. The van der Waals surface area contributed by atoms with Crippen LogP contribution in [0.5, 0.6) is 0 Å². The zero-order valence-electron chi connectivity index (χ0n) is 0.756. The van der Waals surface area contributed by atoms with E-state index in [0.717, 1.165) is 0 Å². The maximum atomic E-state index is 4.11. The molecule has 0 radical (unpaired) electrons. The Morgan fingerprint density at radius 1 is 0.273 bits per heavy atom. The quantitative estimate of drug-likeness (QED) is 0.404. The Morgan fingerprint density at radius 3 is 0.273 bits per heavy atom. The van der Waals surface area contributed by atoms with Gasteiger partial charge in [-0.05, 0) is 0 Å². The van der Waals surface area contributed by atoms with Crippen molar-refractivity contribution in [2.75, 3.05) is 0 Å². The average molecular weight is 215 g/mol. The summed E-state index contributed by atoms with van der Waals surface area (Å²) >= 11 is 0. The first-order valence-corrected chi connectivity index (χ1v) is 1.29. The first-order valence-electron chi connectivity index (χ1n) is 0.143. The largest absolute Gasteiger partial charge is 0.0776 e. The summed E-state index contributed by atoms with van der Waals surface area (Å²) in [6, 6.07) is 0. The Balaban J connectivity index is -0.000000000139. The van der Waals surface area contributed by atoms with E-state index in [1.165, 1.54) is 0 Å². The molecule has 0 amide bonds. The Labute approximate surface area is 88.9 Å². The average Bonchev–Trinajstić information content (AvgIpc) is 1.00. The van der Waals surface area contributed by atoms with Gasteiger partial charge in [0, 0.05) is 21.7 Å². The highest BCUT2D eigenvalue weighted by Gasteiger charge is 1.00. The van der Waals surface area contributed by atoms with E-state index in [1.54, 1.807) is 0 Å². The van der Waals surface area contributed by atoms with E-state index in [4.69, 9.17) is 0 Å². The Hall–Kier alpha value is 0.580. The molecule has 0 fully saturated rings. The third kappa shape index (κ3) is 2320. The van der Waals surface area contributed by atoms with E-state index in [0.29, 0.717) is 0 Å². The number of hydrogen-bond acceptors (Lipinski definition) is 0. The molecule has 0 unspecified atom stereocenters. The van der Waals surface area contributed by atoms with E-state index < -0.39 is 0 Å². The van der Waals surface area contributed by atoms with Gasteiger partial charge in [-0.15, -0.1) is 0 Å². The molecule has 0 aliphatic carbocycles. The van der Waals surface area contributed by atoms with Crippen molar-refractivity contribution in [3.63, 3.8) is 0 Å². The van der Waals surface area contributed by atoms with Crippen LogP contribution in [0.15, 0.2) is 0 Å². The predicted molar refractivity (Wildman–Crippen MR) is 72.3 cm³/mol. The van der Waals surface area contributed by atoms with Gasteiger partial charge in [-0.25, -0.2) is 0 Å². The molecule has 0 N–H and O–H groups in total. The smallest absolute Gasteiger partial charge is 0 e. The highest BCUT2D eigenvalue weighted by molar-refractivity contribution is 6.85. The molecule has 0 atom stereocenters. The molecule has 0 aromatic rings. The van der Waals surface area contributed by atoms with Gasteiger partial charge >= 0.3 is 0 Å². The predicted octanol–water partition coefficient (Wildman–Crippen LogP) is 7.10. The van der Waals surface area contributed by atoms with Gasteiger partial charge in [-0.1, -0.05) is 66.8 Å². The fraction of sp³-hybridized carbons (Fsp3) is 1.00. The second kappa shape index (κ2) is 2890.